The van der Waals surface area contributed by atoms with Crippen molar-refractivity contribution in [1.82, 2.24) is 5.32 Å². The van der Waals surface area contributed by atoms with Gasteiger partial charge in [-0.15, -0.1) is 12.4 Å². The molecule has 0 bridgehead atoms. The highest BCUT2D eigenvalue weighted by atomic mass is 35.5. The number of halogens is 2. The number of hydrogen-bond acceptors (Lipinski definition) is 4. The third-order valence-electron chi connectivity index (χ3n) is 2.76. The Morgan fingerprint density at radius 2 is 2.05 bits per heavy atom. The first kappa shape index (κ1) is 17.9. The van der Waals surface area contributed by atoms with E-state index in [9.17, 15) is 4.79 Å². The number of hydrogen-bond donors (Lipinski definition) is 2. The van der Waals surface area contributed by atoms with Gasteiger partial charge >= 0.3 is 0 Å². The van der Waals surface area contributed by atoms with Crippen molar-refractivity contribution in [3.63, 3.8) is 0 Å². The fraction of sp³-hybridized carbons (Fsp3) is 0.500. The molecule has 0 fully saturated rings. The Morgan fingerprint density at radius 1 is 1.38 bits per heavy atom. The van der Waals surface area contributed by atoms with Crippen LogP contribution in [0.25, 0.3) is 0 Å². The maximum atomic E-state index is 11.9. The van der Waals surface area contributed by atoms with Crippen molar-refractivity contribution in [2.75, 3.05) is 19.8 Å². The molecule has 0 aliphatic carbocycles. The van der Waals surface area contributed by atoms with Crippen LogP contribution in [0.4, 0.5) is 0 Å². The van der Waals surface area contributed by atoms with Crippen LogP contribution in [0.1, 0.15) is 19.4 Å². The Morgan fingerprint density at radius 3 is 2.71 bits per heavy atom. The van der Waals surface area contributed by atoms with E-state index >= 15 is 0 Å². The van der Waals surface area contributed by atoms with Crippen molar-refractivity contribution in [2.24, 2.45) is 5.73 Å². The zero-order valence-corrected chi connectivity index (χ0v) is 13.6. The molecule has 1 aliphatic heterocycles. The Bertz CT molecular complexity index is 516. The van der Waals surface area contributed by atoms with Gasteiger partial charge in [0.1, 0.15) is 13.2 Å². The topological polar surface area (TPSA) is 73.6 Å². The summed E-state index contributed by atoms with van der Waals surface area (Å²) in [6.45, 7) is 5.10. The second-order valence-corrected chi connectivity index (χ2v) is 5.95. The van der Waals surface area contributed by atoms with Gasteiger partial charge in [0.25, 0.3) is 0 Å². The minimum atomic E-state index is -0.430. The number of benzene rings is 1. The molecular weight excluding hydrogens is 315 g/mol. The van der Waals surface area contributed by atoms with Gasteiger partial charge in [-0.05, 0) is 31.5 Å². The molecule has 3 N–H and O–H groups in total. The van der Waals surface area contributed by atoms with Crippen LogP contribution in [0.15, 0.2) is 12.1 Å². The summed E-state index contributed by atoms with van der Waals surface area (Å²) < 4.78 is 10.9. The van der Waals surface area contributed by atoms with E-state index in [-0.39, 0.29) is 24.7 Å². The number of carbonyl (C=O) groups excluding carboxylic acids is 1. The van der Waals surface area contributed by atoms with Crippen LogP contribution in [-0.4, -0.2) is 31.2 Å². The lowest BCUT2D eigenvalue weighted by atomic mass is 10.1. The Balaban J connectivity index is 0.00000220. The van der Waals surface area contributed by atoms with E-state index in [1.807, 2.05) is 13.8 Å². The average molecular weight is 335 g/mol. The smallest absolute Gasteiger partial charge is 0.224 e. The third kappa shape index (κ3) is 5.26. The molecule has 5 nitrogen and oxygen atoms in total. The number of nitrogens with two attached hydrogens (primary N) is 1. The first-order chi connectivity index (χ1) is 9.35. The summed E-state index contributed by atoms with van der Waals surface area (Å²) >= 11 is 6.12. The number of fused-ring (bicyclic) bond motifs is 1. The van der Waals surface area contributed by atoms with Crippen molar-refractivity contribution in [2.45, 2.75) is 25.8 Å². The average Bonchev–Trinajstić information content (AvgIpc) is 2.36. The lowest BCUT2D eigenvalue weighted by molar-refractivity contribution is -0.120. The highest BCUT2D eigenvalue weighted by Crippen LogP contribution is 2.38. The molecule has 0 unspecified atom stereocenters. The van der Waals surface area contributed by atoms with Crippen molar-refractivity contribution >= 4 is 29.9 Å². The van der Waals surface area contributed by atoms with E-state index in [0.29, 0.717) is 36.3 Å². The first-order valence-electron chi connectivity index (χ1n) is 6.49. The van der Waals surface area contributed by atoms with Crippen molar-refractivity contribution in [3.05, 3.63) is 22.7 Å². The minimum Gasteiger partial charge on any atom is -0.486 e. The van der Waals surface area contributed by atoms with Gasteiger partial charge in [-0.1, -0.05) is 11.6 Å². The Hall–Kier alpha value is -1.17. The number of amides is 1. The Kier molecular flexibility index (Phi) is 6.13. The van der Waals surface area contributed by atoms with Crippen LogP contribution in [0.3, 0.4) is 0 Å². The van der Waals surface area contributed by atoms with E-state index in [4.69, 9.17) is 26.8 Å². The minimum absolute atomic E-state index is 0. The quantitative estimate of drug-likeness (QED) is 0.882. The van der Waals surface area contributed by atoms with Gasteiger partial charge in [0.2, 0.25) is 5.91 Å². The number of nitrogens with one attached hydrogen (secondary N) is 1. The normalized spacial score (nSPS) is 13.3. The number of rotatable bonds is 4. The predicted molar refractivity (Wildman–Crippen MR) is 84.7 cm³/mol. The van der Waals surface area contributed by atoms with Gasteiger partial charge in [-0.25, -0.2) is 0 Å². The monoisotopic (exact) mass is 334 g/mol. The first-order valence-corrected chi connectivity index (χ1v) is 6.86. The summed E-state index contributed by atoms with van der Waals surface area (Å²) in [5.41, 5.74) is 6.17. The third-order valence-corrected chi connectivity index (χ3v) is 3.04. The molecule has 1 aromatic carbocycles. The summed E-state index contributed by atoms with van der Waals surface area (Å²) in [5.74, 6) is 1.03. The molecule has 0 atom stereocenters. The molecule has 2 rings (SSSR count). The fourth-order valence-electron chi connectivity index (χ4n) is 1.84. The maximum absolute atomic E-state index is 11.9. The van der Waals surface area contributed by atoms with Gasteiger partial charge in [0, 0.05) is 12.1 Å². The molecule has 0 saturated heterocycles. The van der Waals surface area contributed by atoms with Gasteiger partial charge < -0.3 is 20.5 Å². The Labute approximate surface area is 135 Å². The zero-order valence-electron chi connectivity index (χ0n) is 12.1. The SMILES string of the molecule is CC(C)(N)CNC(=O)Cc1cc(Cl)c2c(c1)OCCO2.Cl. The summed E-state index contributed by atoms with van der Waals surface area (Å²) in [4.78, 5) is 11.9. The zero-order chi connectivity index (χ0) is 14.8. The predicted octanol–water partition coefficient (Wildman–Crippen LogP) is 1.93. The van der Waals surface area contributed by atoms with Crippen LogP contribution in [-0.2, 0) is 11.2 Å². The van der Waals surface area contributed by atoms with Crippen LogP contribution in [0.2, 0.25) is 5.02 Å². The highest BCUT2D eigenvalue weighted by Gasteiger charge is 2.18. The molecule has 1 aliphatic rings. The summed E-state index contributed by atoms with van der Waals surface area (Å²) in [6.07, 6.45) is 0.229. The standard InChI is InChI=1S/C14H19ClN2O3.ClH/c1-14(2,16)8-17-12(18)7-9-5-10(15)13-11(6-9)19-3-4-20-13;/h5-6H,3-4,7-8,16H2,1-2H3,(H,17,18);1H. The van der Waals surface area contributed by atoms with Crippen LogP contribution < -0.4 is 20.5 Å². The van der Waals surface area contributed by atoms with Crippen molar-refractivity contribution in [3.8, 4) is 11.5 Å². The van der Waals surface area contributed by atoms with Crippen LogP contribution in [0, 0.1) is 0 Å². The van der Waals surface area contributed by atoms with Gasteiger partial charge in [0.05, 0.1) is 11.4 Å². The van der Waals surface area contributed by atoms with E-state index in [2.05, 4.69) is 5.32 Å². The lowest BCUT2D eigenvalue weighted by Gasteiger charge is -2.21. The summed E-state index contributed by atoms with van der Waals surface area (Å²) in [6, 6.07) is 3.51. The van der Waals surface area contributed by atoms with E-state index in [1.54, 1.807) is 12.1 Å². The molecular formula is C14H20Cl2N2O3. The summed E-state index contributed by atoms with van der Waals surface area (Å²) in [7, 11) is 0. The van der Waals surface area contributed by atoms with Crippen LogP contribution >= 0.6 is 24.0 Å². The number of ether oxygens (including phenoxy) is 2. The molecule has 1 amide bonds. The van der Waals surface area contributed by atoms with E-state index in [1.165, 1.54) is 0 Å². The molecule has 21 heavy (non-hydrogen) atoms. The van der Waals surface area contributed by atoms with Crippen molar-refractivity contribution in [1.29, 1.82) is 0 Å². The molecule has 0 spiro atoms. The van der Waals surface area contributed by atoms with Gasteiger partial charge in [-0.3, -0.25) is 4.79 Å². The molecule has 118 valence electrons. The molecule has 0 saturated carbocycles. The van der Waals surface area contributed by atoms with E-state index < -0.39 is 5.54 Å². The fourth-order valence-corrected chi connectivity index (χ4v) is 2.13. The highest BCUT2D eigenvalue weighted by molar-refractivity contribution is 6.32. The van der Waals surface area contributed by atoms with Gasteiger partial charge in [-0.2, -0.15) is 0 Å². The number of carbonyl (C=O) groups is 1. The largest absolute Gasteiger partial charge is 0.486 e. The molecule has 7 heteroatoms. The maximum Gasteiger partial charge on any atom is 0.224 e. The van der Waals surface area contributed by atoms with Crippen molar-refractivity contribution < 1.29 is 14.3 Å². The molecule has 0 aromatic heterocycles. The van der Waals surface area contributed by atoms with Gasteiger partial charge in [0.15, 0.2) is 11.5 Å². The van der Waals surface area contributed by atoms with E-state index in [0.717, 1.165) is 5.56 Å². The van der Waals surface area contributed by atoms with Crippen LogP contribution in [0.5, 0.6) is 11.5 Å². The second-order valence-electron chi connectivity index (χ2n) is 5.54. The molecule has 1 aromatic rings. The second kappa shape index (κ2) is 7.20. The molecule has 1 heterocycles. The lowest BCUT2D eigenvalue weighted by Crippen LogP contribution is -2.45. The molecule has 0 radical (unpaired) electrons. The summed E-state index contributed by atoms with van der Waals surface area (Å²) in [5, 5.41) is 3.25.